The molecule has 5 rings (SSSR count). The molecule has 31 heavy (non-hydrogen) atoms. The first kappa shape index (κ1) is 20.8. The Kier molecular flexibility index (Phi) is 5.26. The minimum atomic E-state index is -0.957. The molecule has 2 fully saturated rings. The number of ether oxygens (including phenoxy) is 1. The van der Waals surface area contributed by atoms with Crippen LogP contribution in [0.2, 0.25) is 10.0 Å². The molecule has 11 heteroatoms. The van der Waals surface area contributed by atoms with Crippen molar-refractivity contribution < 1.29 is 9.84 Å². The van der Waals surface area contributed by atoms with Crippen LogP contribution in [0.3, 0.4) is 0 Å². The standard InChI is InChI=1S/C20H25Cl2N7O2/c1-10-15(23)20(9-31-10)5-7-29(8-6-20)18-19(30)25-14-16(27-28-17(14)26-18)24-12-4-2-3-11(21)13(12)22/h2-4,10,15,19,25,30H,5-9,23H2,1H3,(H2,24,27,28)/t10-,15+,19?/m0/s1. The first-order valence-corrected chi connectivity index (χ1v) is 11.1. The minimum Gasteiger partial charge on any atom is -0.376 e. The van der Waals surface area contributed by atoms with Crippen LogP contribution < -0.4 is 16.4 Å². The summed E-state index contributed by atoms with van der Waals surface area (Å²) in [6.07, 6.45) is 0.925. The van der Waals surface area contributed by atoms with Gasteiger partial charge in [-0.15, -0.1) is 0 Å². The Morgan fingerprint density at radius 2 is 2.10 bits per heavy atom. The average Bonchev–Trinajstić information content (AvgIpc) is 3.27. The first-order valence-electron chi connectivity index (χ1n) is 10.3. The maximum Gasteiger partial charge on any atom is 0.201 e. The minimum absolute atomic E-state index is 0.00827. The van der Waals surface area contributed by atoms with Gasteiger partial charge in [0.15, 0.2) is 17.9 Å². The summed E-state index contributed by atoms with van der Waals surface area (Å²) in [4.78, 5) is 6.72. The second-order valence-corrected chi connectivity index (χ2v) is 9.22. The van der Waals surface area contributed by atoms with Gasteiger partial charge in [0, 0.05) is 24.5 Å². The molecule has 0 radical (unpaired) electrons. The second kappa shape index (κ2) is 7.83. The van der Waals surface area contributed by atoms with Crippen LogP contribution in [0.15, 0.2) is 23.2 Å². The Morgan fingerprint density at radius 3 is 2.81 bits per heavy atom. The van der Waals surface area contributed by atoms with Crippen molar-refractivity contribution in [3.63, 3.8) is 0 Å². The van der Waals surface area contributed by atoms with Gasteiger partial charge in [0.1, 0.15) is 5.69 Å². The first-order chi connectivity index (χ1) is 14.9. The molecule has 9 nitrogen and oxygen atoms in total. The lowest BCUT2D eigenvalue weighted by Gasteiger charge is -2.43. The van der Waals surface area contributed by atoms with Crippen LogP contribution in [0.4, 0.5) is 23.0 Å². The summed E-state index contributed by atoms with van der Waals surface area (Å²) in [5.74, 6) is 1.57. The van der Waals surface area contributed by atoms with Crippen LogP contribution >= 0.6 is 23.2 Å². The molecule has 0 saturated carbocycles. The van der Waals surface area contributed by atoms with Gasteiger partial charge in [0.2, 0.25) is 5.82 Å². The zero-order valence-electron chi connectivity index (χ0n) is 17.0. The van der Waals surface area contributed by atoms with E-state index >= 15 is 0 Å². The molecule has 3 aliphatic heterocycles. The smallest absolute Gasteiger partial charge is 0.201 e. The summed E-state index contributed by atoms with van der Waals surface area (Å²) < 4.78 is 5.80. The zero-order valence-corrected chi connectivity index (χ0v) is 18.5. The van der Waals surface area contributed by atoms with Crippen molar-refractivity contribution in [2.75, 3.05) is 30.3 Å². The van der Waals surface area contributed by atoms with Gasteiger partial charge >= 0.3 is 0 Å². The molecule has 166 valence electrons. The summed E-state index contributed by atoms with van der Waals surface area (Å²) in [7, 11) is 0. The van der Waals surface area contributed by atoms with Crippen molar-refractivity contribution in [2.24, 2.45) is 16.1 Å². The molecule has 4 heterocycles. The number of nitrogens with zero attached hydrogens (tertiary/aromatic N) is 3. The maximum atomic E-state index is 10.8. The zero-order chi connectivity index (χ0) is 21.8. The van der Waals surface area contributed by atoms with Crippen molar-refractivity contribution in [2.45, 2.75) is 38.1 Å². The Bertz CT molecular complexity index is 1020. The van der Waals surface area contributed by atoms with E-state index in [0.29, 0.717) is 45.5 Å². The number of piperidine rings is 1. The normalized spacial score (nSPS) is 27.1. The predicted molar refractivity (Wildman–Crippen MR) is 122 cm³/mol. The second-order valence-electron chi connectivity index (χ2n) is 8.43. The fraction of sp³-hybridized carbons (Fsp3) is 0.500. The van der Waals surface area contributed by atoms with E-state index in [1.807, 2.05) is 6.92 Å². The number of anilines is 3. The third-order valence-corrected chi connectivity index (χ3v) is 7.45. The van der Waals surface area contributed by atoms with E-state index in [2.05, 4.69) is 30.7 Å². The van der Waals surface area contributed by atoms with Gasteiger partial charge < -0.3 is 31.1 Å². The SMILES string of the molecule is C[C@@H]1OCC2(CCN(C3=Nc4n[nH]c(Nc5cccc(Cl)c5Cl)c4NC3O)CC2)[C@@H]1N. The van der Waals surface area contributed by atoms with E-state index in [-0.39, 0.29) is 17.6 Å². The highest BCUT2D eigenvalue weighted by Gasteiger charge is 2.48. The highest BCUT2D eigenvalue weighted by Crippen LogP contribution is 2.43. The fourth-order valence-corrected chi connectivity index (χ4v) is 4.99. The van der Waals surface area contributed by atoms with E-state index in [4.69, 9.17) is 33.7 Å². The van der Waals surface area contributed by atoms with Gasteiger partial charge in [-0.1, -0.05) is 29.3 Å². The van der Waals surface area contributed by atoms with Crippen LogP contribution in [0.5, 0.6) is 0 Å². The molecule has 0 bridgehead atoms. The number of nitrogens with one attached hydrogen (secondary N) is 3. The van der Waals surface area contributed by atoms with Crippen molar-refractivity contribution >= 4 is 52.0 Å². The van der Waals surface area contributed by atoms with Crippen LogP contribution in [-0.4, -0.2) is 64.1 Å². The van der Waals surface area contributed by atoms with Crippen molar-refractivity contribution in [1.29, 1.82) is 0 Å². The van der Waals surface area contributed by atoms with Gasteiger partial charge in [-0.2, -0.15) is 5.10 Å². The average molecular weight is 466 g/mol. The largest absolute Gasteiger partial charge is 0.376 e. The molecule has 2 saturated heterocycles. The van der Waals surface area contributed by atoms with E-state index < -0.39 is 6.23 Å². The number of H-pyrrole nitrogens is 1. The number of nitrogens with two attached hydrogens (primary N) is 1. The van der Waals surface area contributed by atoms with Gasteiger partial charge in [-0.05, 0) is 31.9 Å². The quantitative estimate of drug-likeness (QED) is 0.461. The Morgan fingerprint density at radius 1 is 1.32 bits per heavy atom. The van der Waals surface area contributed by atoms with Gasteiger partial charge in [0.05, 0.1) is 28.4 Å². The number of likely N-dealkylation sites (tertiary alicyclic amines) is 1. The number of rotatable bonds is 2. The molecule has 1 aromatic carbocycles. The topological polar surface area (TPSA) is 124 Å². The van der Waals surface area contributed by atoms with Crippen LogP contribution in [0, 0.1) is 5.41 Å². The number of aliphatic hydroxyl groups is 1. The van der Waals surface area contributed by atoms with E-state index in [1.165, 1.54) is 0 Å². The number of hydrogen-bond acceptors (Lipinski definition) is 8. The summed E-state index contributed by atoms with van der Waals surface area (Å²) in [6, 6.07) is 5.35. The molecule has 1 unspecified atom stereocenters. The monoisotopic (exact) mass is 465 g/mol. The number of aromatic amines is 1. The van der Waals surface area contributed by atoms with Crippen molar-refractivity contribution in [3.8, 4) is 0 Å². The lowest BCUT2D eigenvalue weighted by atomic mass is 9.73. The molecular weight excluding hydrogens is 441 g/mol. The van der Waals surface area contributed by atoms with E-state index in [1.54, 1.807) is 18.2 Å². The summed E-state index contributed by atoms with van der Waals surface area (Å²) in [6.45, 7) is 4.24. The number of benzene rings is 1. The third kappa shape index (κ3) is 3.54. The number of amidine groups is 1. The van der Waals surface area contributed by atoms with Crippen molar-refractivity contribution in [3.05, 3.63) is 28.2 Å². The summed E-state index contributed by atoms with van der Waals surface area (Å²) in [5, 5.41) is 25.1. The van der Waals surface area contributed by atoms with Gasteiger partial charge in [-0.25, -0.2) is 4.99 Å². The molecule has 0 aliphatic carbocycles. The number of halogens is 2. The molecular formula is C20H25Cl2N7O2. The molecule has 1 spiro atoms. The van der Waals surface area contributed by atoms with Gasteiger partial charge in [0.25, 0.3) is 0 Å². The highest BCUT2D eigenvalue weighted by atomic mass is 35.5. The molecule has 1 aromatic heterocycles. The lowest BCUT2D eigenvalue weighted by molar-refractivity contribution is 0.0817. The van der Waals surface area contributed by atoms with Crippen LogP contribution in [0.1, 0.15) is 19.8 Å². The predicted octanol–water partition coefficient (Wildman–Crippen LogP) is 3.06. The van der Waals surface area contributed by atoms with Gasteiger partial charge in [-0.3, -0.25) is 5.10 Å². The van der Waals surface area contributed by atoms with E-state index in [0.717, 1.165) is 25.9 Å². The maximum absolute atomic E-state index is 10.8. The Balaban J connectivity index is 1.34. The summed E-state index contributed by atoms with van der Waals surface area (Å²) >= 11 is 12.4. The summed E-state index contributed by atoms with van der Waals surface area (Å²) in [5.41, 5.74) is 7.62. The molecule has 3 atom stereocenters. The van der Waals surface area contributed by atoms with Crippen molar-refractivity contribution in [1.82, 2.24) is 15.1 Å². The van der Waals surface area contributed by atoms with Crippen LogP contribution in [-0.2, 0) is 4.74 Å². The number of aliphatic hydroxyl groups excluding tert-OH is 1. The Hall–Kier alpha value is -2.04. The third-order valence-electron chi connectivity index (χ3n) is 6.63. The number of fused-ring (bicyclic) bond motifs is 1. The molecule has 2 aromatic rings. The lowest BCUT2D eigenvalue weighted by Crippen LogP contribution is -2.54. The van der Waals surface area contributed by atoms with E-state index in [9.17, 15) is 5.11 Å². The van der Waals surface area contributed by atoms with Crippen LogP contribution in [0.25, 0.3) is 0 Å². The fourth-order valence-electron chi connectivity index (χ4n) is 4.64. The molecule has 6 N–H and O–H groups in total. The Labute approximate surface area is 189 Å². The molecule has 0 amide bonds. The molecule has 3 aliphatic rings. The number of aliphatic imine (C=N–C) groups is 1. The highest BCUT2D eigenvalue weighted by molar-refractivity contribution is 6.43. The number of aromatic nitrogens is 2. The number of hydrogen-bond donors (Lipinski definition) is 5.